The van der Waals surface area contributed by atoms with Gasteiger partial charge in [-0.15, -0.1) is 0 Å². The SMILES string of the molecule is Cc1ccccc1Cn1ccc(NC(=O)c2ccc(COc3ccccc3Cl)o2)n1. The van der Waals surface area contributed by atoms with Gasteiger partial charge in [0, 0.05) is 12.3 Å². The van der Waals surface area contributed by atoms with Crippen molar-refractivity contribution in [3.63, 3.8) is 0 Å². The standard InChI is InChI=1S/C23H20ClN3O3/c1-16-6-2-3-7-17(16)14-27-13-12-22(26-27)25-23(28)21-11-10-18(30-21)15-29-20-9-5-4-8-19(20)24/h2-13H,14-15H2,1H3,(H,25,26,28). The van der Waals surface area contributed by atoms with Gasteiger partial charge in [-0.2, -0.15) is 5.10 Å². The number of halogens is 1. The number of nitrogens with one attached hydrogen (secondary N) is 1. The molecule has 0 bridgehead atoms. The van der Waals surface area contributed by atoms with Gasteiger partial charge in [-0.3, -0.25) is 9.48 Å². The number of ether oxygens (including phenoxy) is 1. The number of anilines is 1. The minimum Gasteiger partial charge on any atom is -0.484 e. The summed E-state index contributed by atoms with van der Waals surface area (Å²) in [6, 6.07) is 20.3. The first-order valence-corrected chi connectivity index (χ1v) is 9.81. The summed E-state index contributed by atoms with van der Waals surface area (Å²) >= 11 is 6.07. The largest absolute Gasteiger partial charge is 0.484 e. The van der Waals surface area contributed by atoms with E-state index in [2.05, 4.69) is 29.5 Å². The summed E-state index contributed by atoms with van der Waals surface area (Å²) < 4.78 is 13.0. The smallest absolute Gasteiger partial charge is 0.292 e. The molecule has 0 radical (unpaired) electrons. The van der Waals surface area contributed by atoms with Gasteiger partial charge in [-0.1, -0.05) is 48.0 Å². The molecule has 0 unspecified atom stereocenters. The first-order chi connectivity index (χ1) is 14.6. The van der Waals surface area contributed by atoms with Crippen molar-refractivity contribution in [3.8, 4) is 5.75 Å². The van der Waals surface area contributed by atoms with E-state index in [1.54, 1.807) is 35.0 Å². The van der Waals surface area contributed by atoms with Gasteiger partial charge in [-0.05, 0) is 42.3 Å². The number of rotatable bonds is 7. The Morgan fingerprint density at radius 3 is 2.73 bits per heavy atom. The van der Waals surface area contributed by atoms with Crippen LogP contribution in [-0.2, 0) is 13.2 Å². The second kappa shape index (κ2) is 8.88. The van der Waals surface area contributed by atoms with Crippen molar-refractivity contribution in [2.24, 2.45) is 0 Å². The van der Waals surface area contributed by atoms with Crippen molar-refractivity contribution in [2.45, 2.75) is 20.1 Å². The van der Waals surface area contributed by atoms with Gasteiger partial charge in [0.15, 0.2) is 11.6 Å². The fourth-order valence-electron chi connectivity index (χ4n) is 2.94. The fourth-order valence-corrected chi connectivity index (χ4v) is 3.13. The molecule has 2 heterocycles. The van der Waals surface area contributed by atoms with Crippen molar-refractivity contribution < 1.29 is 13.9 Å². The number of hydrogen-bond acceptors (Lipinski definition) is 4. The molecule has 0 atom stereocenters. The predicted octanol–water partition coefficient (Wildman–Crippen LogP) is 5.32. The topological polar surface area (TPSA) is 69.3 Å². The molecule has 152 valence electrons. The third kappa shape index (κ3) is 4.72. The van der Waals surface area contributed by atoms with Crippen molar-refractivity contribution >= 4 is 23.3 Å². The highest BCUT2D eigenvalue weighted by atomic mass is 35.5. The molecule has 0 spiro atoms. The van der Waals surface area contributed by atoms with Crippen LogP contribution in [0.3, 0.4) is 0 Å². The highest BCUT2D eigenvalue weighted by Gasteiger charge is 2.14. The third-order valence-corrected chi connectivity index (χ3v) is 4.88. The zero-order valence-corrected chi connectivity index (χ0v) is 17.1. The number of amides is 1. The average molecular weight is 422 g/mol. The predicted molar refractivity (Wildman–Crippen MR) is 115 cm³/mol. The molecule has 0 aliphatic heterocycles. The lowest BCUT2D eigenvalue weighted by molar-refractivity contribution is 0.0992. The molecule has 2 aromatic carbocycles. The first kappa shape index (κ1) is 19.8. The molecule has 6 nitrogen and oxygen atoms in total. The molecule has 4 aromatic rings. The number of para-hydroxylation sites is 1. The fraction of sp³-hybridized carbons (Fsp3) is 0.130. The Labute approximate surface area is 179 Å². The van der Waals surface area contributed by atoms with Crippen molar-refractivity contribution in [3.05, 3.63) is 101 Å². The number of aromatic nitrogens is 2. The van der Waals surface area contributed by atoms with Crippen LogP contribution in [0.15, 0.2) is 77.3 Å². The Balaban J connectivity index is 1.35. The van der Waals surface area contributed by atoms with Crippen LogP contribution in [0.5, 0.6) is 5.75 Å². The lowest BCUT2D eigenvalue weighted by atomic mass is 10.1. The van der Waals surface area contributed by atoms with E-state index in [-0.39, 0.29) is 18.3 Å². The van der Waals surface area contributed by atoms with E-state index in [4.69, 9.17) is 20.8 Å². The monoisotopic (exact) mass is 421 g/mol. The average Bonchev–Trinajstić information content (AvgIpc) is 3.39. The van der Waals surface area contributed by atoms with Gasteiger partial charge in [0.2, 0.25) is 0 Å². The molecular weight excluding hydrogens is 402 g/mol. The summed E-state index contributed by atoms with van der Waals surface area (Å²) in [5.41, 5.74) is 2.37. The normalized spacial score (nSPS) is 10.7. The van der Waals surface area contributed by atoms with Gasteiger partial charge >= 0.3 is 0 Å². The minimum absolute atomic E-state index is 0.169. The van der Waals surface area contributed by atoms with Crippen LogP contribution in [-0.4, -0.2) is 15.7 Å². The Morgan fingerprint density at radius 1 is 1.10 bits per heavy atom. The zero-order chi connectivity index (χ0) is 20.9. The molecule has 30 heavy (non-hydrogen) atoms. The molecule has 4 rings (SSSR count). The Morgan fingerprint density at radius 2 is 1.90 bits per heavy atom. The molecule has 0 aliphatic carbocycles. The maximum atomic E-state index is 12.5. The maximum Gasteiger partial charge on any atom is 0.292 e. The van der Waals surface area contributed by atoms with E-state index >= 15 is 0 Å². The van der Waals surface area contributed by atoms with Crippen LogP contribution in [0.1, 0.15) is 27.4 Å². The molecule has 0 saturated heterocycles. The van der Waals surface area contributed by atoms with E-state index in [0.717, 1.165) is 0 Å². The lowest BCUT2D eigenvalue weighted by Crippen LogP contribution is -2.12. The summed E-state index contributed by atoms with van der Waals surface area (Å²) in [5, 5.41) is 7.67. The Hall–Kier alpha value is -3.51. The van der Waals surface area contributed by atoms with E-state index in [1.165, 1.54) is 11.1 Å². The molecular formula is C23H20ClN3O3. The van der Waals surface area contributed by atoms with Gasteiger partial charge < -0.3 is 14.5 Å². The van der Waals surface area contributed by atoms with Gasteiger partial charge in [0.25, 0.3) is 5.91 Å². The second-order valence-corrected chi connectivity index (χ2v) is 7.17. The number of nitrogens with zero attached hydrogens (tertiary/aromatic N) is 2. The summed E-state index contributed by atoms with van der Waals surface area (Å²) in [5.74, 6) is 1.34. The number of carbonyl (C=O) groups is 1. The third-order valence-electron chi connectivity index (χ3n) is 4.57. The molecule has 0 saturated carbocycles. The van der Waals surface area contributed by atoms with Gasteiger partial charge in [-0.25, -0.2) is 0 Å². The summed E-state index contributed by atoms with van der Waals surface area (Å²) in [6.45, 7) is 2.86. The number of furan rings is 1. The van der Waals surface area contributed by atoms with Crippen LogP contribution < -0.4 is 10.1 Å². The summed E-state index contributed by atoms with van der Waals surface area (Å²) in [4.78, 5) is 12.5. The van der Waals surface area contributed by atoms with Crippen LogP contribution in [0.2, 0.25) is 5.02 Å². The maximum absolute atomic E-state index is 12.5. The number of benzene rings is 2. The van der Waals surface area contributed by atoms with Gasteiger partial charge in [0.05, 0.1) is 11.6 Å². The van der Waals surface area contributed by atoms with E-state index < -0.39 is 0 Å². The lowest BCUT2D eigenvalue weighted by Gasteiger charge is -2.06. The summed E-state index contributed by atoms with van der Waals surface area (Å²) in [6.07, 6.45) is 1.83. The molecule has 7 heteroatoms. The van der Waals surface area contributed by atoms with Crippen LogP contribution in [0.4, 0.5) is 5.82 Å². The molecule has 0 aliphatic rings. The number of hydrogen-bond donors (Lipinski definition) is 1. The van der Waals surface area contributed by atoms with Crippen molar-refractivity contribution in [2.75, 3.05) is 5.32 Å². The van der Waals surface area contributed by atoms with Crippen molar-refractivity contribution in [1.82, 2.24) is 9.78 Å². The highest BCUT2D eigenvalue weighted by Crippen LogP contribution is 2.24. The van der Waals surface area contributed by atoms with Crippen LogP contribution in [0.25, 0.3) is 0 Å². The van der Waals surface area contributed by atoms with Gasteiger partial charge in [0.1, 0.15) is 18.1 Å². The molecule has 1 amide bonds. The molecule has 0 fully saturated rings. The Kier molecular flexibility index (Phi) is 5.86. The van der Waals surface area contributed by atoms with Crippen LogP contribution >= 0.6 is 11.6 Å². The number of aryl methyl sites for hydroxylation is 1. The number of carbonyl (C=O) groups excluding carboxylic acids is 1. The molecule has 1 N–H and O–H groups in total. The van der Waals surface area contributed by atoms with E-state index in [9.17, 15) is 4.79 Å². The van der Waals surface area contributed by atoms with E-state index in [1.807, 2.05) is 30.5 Å². The summed E-state index contributed by atoms with van der Waals surface area (Å²) in [7, 11) is 0. The highest BCUT2D eigenvalue weighted by molar-refractivity contribution is 6.32. The zero-order valence-electron chi connectivity index (χ0n) is 16.3. The van der Waals surface area contributed by atoms with Crippen molar-refractivity contribution in [1.29, 1.82) is 0 Å². The first-order valence-electron chi connectivity index (χ1n) is 9.44. The van der Waals surface area contributed by atoms with E-state index in [0.29, 0.717) is 28.9 Å². The molecule has 2 aromatic heterocycles. The second-order valence-electron chi connectivity index (χ2n) is 6.76. The minimum atomic E-state index is -0.375. The quantitative estimate of drug-likeness (QED) is 0.438. The Bertz CT molecular complexity index is 1170. The van der Waals surface area contributed by atoms with Crippen LogP contribution in [0, 0.1) is 6.92 Å².